The molecule has 80 valence electrons. The Morgan fingerprint density at radius 3 is 2.67 bits per heavy atom. The molecule has 0 unspecified atom stereocenters. The number of nitrogens with zero attached hydrogens (tertiary/aromatic N) is 3. The third-order valence-electron chi connectivity index (χ3n) is 2.73. The molecule has 0 saturated carbocycles. The Morgan fingerprint density at radius 1 is 1.47 bits per heavy atom. The van der Waals surface area contributed by atoms with Crippen molar-refractivity contribution in [2.75, 3.05) is 18.0 Å². The molecular formula is C10H13N3O2. The molecule has 1 aromatic heterocycles. The van der Waals surface area contributed by atoms with Crippen LogP contribution in [0.5, 0.6) is 0 Å². The van der Waals surface area contributed by atoms with Crippen molar-refractivity contribution in [2.24, 2.45) is 5.92 Å². The predicted molar refractivity (Wildman–Crippen MR) is 54.8 cm³/mol. The van der Waals surface area contributed by atoms with E-state index >= 15 is 0 Å². The van der Waals surface area contributed by atoms with E-state index in [0.29, 0.717) is 13.1 Å². The summed E-state index contributed by atoms with van der Waals surface area (Å²) in [6.07, 6.45) is 1.69. The molecule has 0 radical (unpaired) electrons. The first-order valence-electron chi connectivity index (χ1n) is 4.86. The topological polar surface area (TPSA) is 66.3 Å². The highest BCUT2D eigenvalue weighted by Crippen LogP contribution is 2.22. The Kier molecular flexibility index (Phi) is 2.30. The summed E-state index contributed by atoms with van der Waals surface area (Å²) in [7, 11) is 0. The van der Waals surface area contributed by atoms with Crippen LogP contribution in [0.15, 0.2) is 6.20 Å². The summed E-state index contributed by atoms with van der Waals surface area (Å²) in [6, 6.07) is 0. The lowest BCUT2D eigenvalue weighted by Gasteiger charge is -2.37. The van der Waals surface area contributed by atoms with Crippen LogP contribution in [0, 0.1) is 19.8 Å². The maximum Gasteiger partial charge on any atom is 0.310 e. The number of aliphatic carboxylic acids is 1. The lowest BCUT2D eigenvalue weighted by Crippen LogP contribution is -2.50. The van der Waals surface area contributed by atoms with Crippen LogP contribution in [0.2, 0.25) is 0 Å². The Bertz CT molecular complexity index is 400. The average Bonchev–Trinajstić information content (AvgIpc) is 2.08. The fraction of sp³-hybridized carbons (Fsp3) is 0.500. The van der Waals surface area contributed by atoms with Crippen LogP contribution < -0.4 is 4.90 Å². The molecule has 0 spiro atoms. The van der Waals surface area contributed by atoms with E-state index in [2.05, 4.69) is 9.97 Å². The molecule has 1 saturated heterocycles. The van der Waals surface area contributed by atoms with Crippen molar-refractivity contribution in [3.05, 3.63) is 17.6 Å². The molecule has 1 aliphatic rings. The van der Waals surface area contributed by atoms with Gasteiger partial charge < -0.3 is 10.0 Å². The van der Waals surface area contributed by atoms with Crippen molar-refractivity contribution >= 4 is 11.8 Å². The van der Waals surface area contributed by atoms with Crippen molar-refractivity contribution in [3.63, 3.8) is 0 Å². The number of aryl methyl sites for hydroxylation is 2. The maximum atomic E-state index is 10.6. The van der Waals surface area contributed by atoms with E-state index in [-0.39, 0.29) is 5.92 Å². The van der Waals surface area contributed by atoms with E-state index in [1.54, 1.807) is 6.20 Å². The highest BCUT2D eigenvalue weighted by molar-refractivity contribution is 5.74. The number of hydrogen-bond acceptors (Lipinski definition) is 4. The van der Waals surface area contributed by atoms with Gasteiger partial charge in [0.2, 0.25) is 0 Å². The minimum absolute atomic E-state index is 0.256. The first-order chi connectivity index (χ1) is 7.08. The standard InChI is InChI=1S/C10H13N3O2/c1-6-7(2)12-9(3-11-6)13-4-8(5-13)10(14)15/h3,8H,4-5H2,1-2H3,(H,14,15). The van der Waals surface area contributed by atoms with Crippen molar-refractivity contribution in [1.82, 2.24) is 9.97 Å². The molecule has 1 N–H and O–H groups in total. The van der Waals surface area contributed by atoms with Gasteiger partial charge in [-0.05, 0) is 13.8 Å². The molecule has 2 rings (SSSR count). The van der Waals surface area contributed by atoms with Gasteiger partial charge >= 0.3 is 5.97 Å². The van der Waals surface area contributed by atoms with Gasteiger partial charge in [0.25, 0.3) is 0 Å². The molecule has 2 heterocycles. The van der Waals surface area contributed by atoms with Crippen molar-refractivity contribution < 1.29 is 9.90 Å². The van der Waals surface area contributed by atoms with Crippen LogP contribution in [-0.2, 0) is 4.79 Å². The van der Waals surface area contributed by atoms with Gasteiger partial charge in [-0.2, -0.15) is 0 Å². The Hall–Kier alpha value is -1.65. The molecule has 15 heavy (non-hydrogen) atoms. The Labute approximate surface area is 87.8 Å². The number of carbonyl (C=O) groups is 1. The van der Waals surface area contributed by atoms with Crippen molar-refractivity contribution in [1.29, 1.82) is 0 Å². The van der Waals surface area contributed by atoms with E-state index in [1.807, 2.05) is 18.7 Å². The molecule has 0 amide bonds. The maximum absolute atomic E-state index is 10.6. The zero-order chi connectivity index (χ0) is 11.0. The number of rotatable bonds is 2. The summed E-state index contributed by atoms with van der Waals surface area (Å²) in [5, 5.41) is 8.73. The van der Waals surface area contributed by atoms with E-state index in [1.165, 1.54) is 0 Å². The monoisotopic (exact) mass is 207 g/mol. The van der Waals surface area contributed by atoms with E-state index < -0.39 is 5.97 Å². The van der Waals surface area contributed by atoms with Crippen molar-refractivity contribution in [3.8, 4) is 0 Å². The van der Waals surface area contributed by atoms with Gasteiger partial charge in [-0.1, -0.05) is 0 Å². The summed E-state index contributed by atoms with van der Waals surface area (Å²) in [6.45, 7) is 4.88. The summed E-state index contributed by atoms with van der Waals surface area (Å²) in [5.41, 5.74) is 1.81. The van der Waals surface area contributed by atoms with Gasteiger partial charge in [0, 0.05) is 13.1 Å². The average molecular weight is 207 g/mol. The molecule has 5 heteroatoms. The Morgan fingerprint density at radius 2 is 2.13 bits per heavy atom. The number of carboxylic acids is 1. The summed E-state index contributed by atoms with van der Waals surface area (Å²) < 4.78 is 0. The second kappa shape index (κ2) is 3.49. The first kappa shape index (κ1) is 9.89. The van der Waals surface area contributed by atoms with Gasteiger partial charge in [0.1, 0.15) is 5.82 Å². The van der Waals surface area contributed by atoms with Gasteiger partial charge in [-0.25, -0.2) is 4.98 Å². The zero-order valence-electron chi connectivity index (χ0n) is 8.77. The number of aromatic nitrogens is 2. The highest BCUT2D eigenvalue weighted by Gasteiger charge is 2.33. The van der Waals surface area contributed by atoms with Crippen LogP contribution in [0.3, 0.4) is 0 Å². The summed E-state index contributed by atoms with van der Waals surface area (Å²) in [4.78, 5) is 21.1. The van der Waals surface area contributed by atoms with Gasteiger partial charge in [0.15, 0.2) is 0 Å². The third-order valence-corrected chi connectivity index (χ3v) is 2.73. The normalized spacial score (nSPS) is 16.3. The van der Waals surface area contributed by atoms with Crippen LogP contribution in [-0.4, -0.2) is 34.1 Å². The lowest BCUT2D eigenvalue weighted by molar-refractivity contribution is -0.142. The highest BCUT2D eigenvalue weighted by atomic mass is 16.4. The fourth-order valence-electron chi connectivity index (χ4n) is 1.50. The van der Waals surface area contributed by atoms with E-state index in [0.717, 1.165) is 17.2 Å². The number of anilines is 1. The van der Waals surface area contributed by atoms with Gasteiger partial charge in [0.05, 0.1) is 23.5 Å². The lowest BCUT2D eigenvalue weighted by atomic mass is 10.0. The van der Waals surface area contributed by atoms with Gasteiger partial charge in [-0.15, -0.1) is 0 Å². The minimum Gasteiger partial charge on any atom is -0.481 e. The molecule has 0 atom stereocenters. The molecule has 1 aromatic rings. The molecule has 1 aliphatic heterocycles. The van der Waals surface area contributed by atoms with E-state index in [9.17, 15) is 4.79 Å². The molecular weight excluding hydrogens is 194 g/mol. The van der Waals surface area contributed by atoms with E-state index in [4.69, 9.17) is 5.11 Å². The summed E-state index contributed by atoms with van der Waals surface area (Å²) in [5.74, 6) is -0.216. The minimum atomic E-state index is -0.733. The van der Waals surface area contributed by atoms with Crippen LogP contribution in [0.4, 0.5) is 5.82 Å². The SMILES string of the molecule is Cc1ncc(N2CC(C(=O)O)C2)nc1C. The van der Waals surface area contributed by atoms with Crippen LogP contribution in [0.1, 0.15) is 11.4 Å². The van der Waals surface area contributed by atoms with Gasteiger partial charge in [-0.3, -0.25) is 9.78 Å². The molecule has 5 nitrogen and oxygen atoms in total. The number of carboxylic acid groups (broad SMARTS) is 1. The predicted octanol–water partition coefficient (Wildman–Crippen LogP) is 0.614. The smallest absolute Gasteiger partial charge is 0.310 e. The first-order valence-corrected chi connectivity index (χ1v) is 4.86. The molecule has 0 aromatic carbocycles. The summed E-state index contributed by atoms with van der Waals surface area (Å²) >= 11 is 0. The second-order valence-electron chi connectivity index (χ2n) is 3.84. The zero-order valence-corrected chi connectivity index (χ0v) is 8.77. The second-order valence-corrected chi connectivity index (χ2v) is 3.84. The quantitative estimate of drug-likeness (QED) is 0.769. The van der Waals surface area contributed by atoms with Crippen molar-refractivity contribution in [2.45, 2.75) is 13.8 Å². The van der Waals surface area contributed by atoms with Crippen LogP contribution >= 0.6 is 0 Å². The van der Waals surface area contributed by atoms with Crippen LogP contribution in [0.25, 0.3) is 0 Å². The fourth-order valence-corrected chi connectivity index (χ4v) is 1.50. The largest absolute Gasteiger partial charge is 0.481 e. The third kappa shape index (κ3) is 1.77. The molecule has 1 fully saturated rings. The molecule has 0 bridgehead atoms. The Balaban J connectivity index is 2.07. The molecule has 0 aliphatic carbocycles. The number of hydrogen-bond donors (Lipinski definition) is 1.